The largest absolute Gasteiger partial charge is 0.340 e. The number of nitrogens with zero attached hydrogens (tertiary/aromatic N) is 2. The average Bonchev–Trinajstić information content (AvgIpc) is 3.50. The monoisotopic (exact) mass is 343 g/mol. The molecule has 134 valence electrons. The van der Waals surface area contributed by atoms with E-state index in [4.69, 9.17) is 0 Å². The number of hydrogen-bond donors (Lipinski definition) is 1. The summed E-state index contributed by atoms with van der Waals surface area (Å²) in [5, 5.41) is 2.47. The molecule has 2 aliphatic rings. The number of nitrogens with one attached hydrogen (secondary N) is 1. The quantitative estimate of drug-likeness (QED) is 0.737. The molecular formula is C19H25N3O3. The third-order valence-electron chi connectivity index (χ3n) is 4.87. The Labute approximate surface area is 148 Å². The highest BCUT2D eigenvalue weighted by molar-refractivity contribution is 6.36. The van der Waals surface area contributed by atoms with Crippen LogP contribution in [0.2, 0.25) is 0 Å². The van der Waals surface area contributed by atoms with E-state index in [1.807, 2.05) is 30.3 Å². The number of piperazine rings is 1. The molecule has 1 heterocycles. The molecule has 6 nitrogen and oxygen atoms in total. The first kappa shape index (κ1) is 17.6. The standard InChI is InChI=1S/C19H25N3O3/c23-17(9-6-15-4-2-1-3-5-15)19(25)20-14-18(24)22-12-10-21(11-13-22)16-7-8-16/h1-5,16H,6-14H2,(H,20,25). The molecule has 0 spiro atoms. The Bertz CT molecular complexity index is 620. The number of hydrogen-bond acceptors (Lipinski definition) is 4. The molecule has 1 aliphatic heterocycles. The van der Waals surface area contributed by atoms with Crippen LogP contribution >= 0.6 is 0 Å². The molecule has 0 atom stereocenters. The molecular weight excluding hydrogens is 318 g/mol. The van der Waals surface area contributed by atoms with Gasteiger partial charge in [0.25, 0.3) is 5.91 Å². The van der Waals surface area contributed by atoms with Crippen molar-refractivity contribution in [2.45, 2.75) is 31.7 Å². The van der Waals surface area contributed by atoms with Crippen molar-refractivity contribution in [3.63, 3.8) is 0 Å². The van der Waals surface area contributed by atoms with E-state index in [2.05, 4.69) is 10.2 Å². The summed E-state index contributed by atoms with van der Waals surface area (Å²) in [6.45, 7) is 3.11. The van der Waals surface area contributed by atoms with Gasteiger partial charge in [-0.05, 0) is 24.8 Å². The van der Waals surface area contributed by atoms with Crippen molar-refractivity contribution >= 4 is 17.6 Å². The van der Waals surface area contributed by atoms with Crippen LogP contribution in [0.25, 0.3) is 0 Å². The zero-order valence-corrected chi connectivity index (χ0v) is 14.4. The van der Waals surface area contributed by atoms with Crippen LogP contribution in [0.3, 0.4) is 0 Å². The number of carbonyl (C=O) groups excluding carboxylic acids is 3. The van der Waals surface area contributed by atoms with E-state index in [-0.39, 0.29) is 18.9 Å². The van der Waals surface area contributed by atoms with Crippen LogP contribution in [0.15, 0.2) is 30.3 Å². The molecule has 1 saturated heterocycles. The van der Waals surface area contributed by atoms with Gasteiger partial charge in [0.15, 0.2) is 0 Å². The van der Waals surface area contributed by atoms with Crippen molar-refractivity contribution in [2.75, 3.05) is 32.7 Å². The van der Waals surface area contributed by atoms with E-state index in [0.29, 0.717) is 19.5 Å². The fourth-order valence-corrected chi connectivity index (χ4v) is 3.16. The van der Waals surface area contributed by atoms with Crippen LogP contribution < -0.4 is 5.32 Å². The molecule has 0 radical (unpaired) electrons. The van der Waals surface area contributed by atoms with Crippen LogP contribution in [-0.4, -0.2) is 66.2 Å². The van der Waals surface area contributed by atoms with Crippen LogP contribution in [0, 0.1) is 0 Å². The molecule has 1 aromatic carbocycles. The number of Topliss-reactive ketones (excluding diaryl/α,β-unsaturated/α-hetero) is 1. The zero-order chi connectivity index (χ0) is 17.6. The Morgan fingerprint density at radius 2 is 1.68 bits per heavy atom. The maximum Gasteiger partial charge on any atom is 0.287 e. The minimum Gasteiger partial charge on any atom is -0.340 e. The molecule has 3 rings (SSSR count). The number of aryl methyl sites for hydroxylation is 1. The molecule has 0 unspecified atom stereocenters. The zero-order valence-electron chi connectivity index (χ0n) is 14.4. The van der Waals surface area contributed by atoms with Gasteiger partial charge in [-0.3, -0.25) is 19.3 Å². The summed E-state index contributed by atoms with van der Waals surface area (Å²) in [6, 6.07) is 10.3. The lowest BCUT2D eigenvalue weighted by Gasteiger charge is -2.34. The predicted octanol–water partition coefficient (Wildman–Crippen LogP) is 0.611. The highest BCUT2D eigenvalue weighted by atomic mass is 16.2. The van der Waals surface area contributed by atoms with E-state index in [0.717, 1.165) is 24.7 Å². The van der Waals surface area contributed by atoms with Gasteiger partial charge >= 0.3 is 0 Å². The Kier molecular flexibility index (Phi) is 5.81. The SMILES string of the molecule is O=C(CCc1ccccc1)C(=O)NCC(=O)N1CCN(C2CC2)CC1. The van der Waals surface area contributed by atoms with Crippen molar-refractivity contribution in [1.29, 1.82) is 0 Å². The lowest BCUT2D eigenvalue weighted by atomic mass is 10.1. The lowest BCUT2D eigenvalue weighted by Crippen LogP contribution is -2.52. The summed E-state index contributed by atoms with van der Waals surface area (Å²) < 4.78 is 0. The third kappa shape index (κ3) is 5.13. The van der Waals surface area contributed by atoms with Crippen LogP contribution in [0.1, 0.15) is 24.8 Å². The molecule has 0 bridgehead atoms. The number of benzene rings is 1. The minimum atomic E-state index is -0.666. The van der Waals surface area contributed by atoms with E-state index in [1.165, 1.54) is 12.8 Å². The summed E-state index contributed by atoms with van der Waals surface area (Å²) in [5.41, 5.74) is 1.02. The molecule has 1 N–H and O–H groups in total. The first-order valence-electron chi connectivity index (χ1n) is 9.00. The average molecular weight is 343 g/mol. The lowest BCUT2D eigenvalue weighted by molar-refractivity contribution is -0.139. The van der Waals surface area contributed by atoms with Gasteiger partial charge in [0.2, 0.25) is 11.7 Å². The van der Waals surface area contributed by atoms with Crippen LogP contribution in [0.5, 0.6) is 0 Å². The fourth-order valence-electron chi connectivity index (χ4n) is 3.16. The number of carbonyl (C=O) groups is 3. The van der Waals surface area contributed by atoms with E-state index in [1.54, 1.807) is 4.90 Å². The first-order valence-corrected chi connectivity index (χ1v) is 9.00. The summed E-state index contributed by atoms with van der Waals surface area (Å²) in [6.07, 6.45) is 3.23. The minimum absolute atomic E-state index is 0.0979. The second kappa shape index (κ2) is 8.25. The summed E-state index contributed by atoms with van der Waals surface area (Å²) >= 11 is 0. The maximum absolute atomic E-state index is 12.2. The number of rotatable bonds is 7. The van der Waals surface area contributed by atoms with Crippen molar-refractivity contribution < 1.29 is 14.4 Å². The van der Waals surface area contributed by atoms with Gasteiger partial charge in [-0.25, -0.2) is 0 Å². The second-order valence-electron chi connectivity index (χ2n) is 6.74. The van der Waals surface area contributed by atoms with Gasteiger partial charge in [-0.2, -0.15) is 0 Å². The molecule has 25 heavy (non-hydrogen) atoms. The van der Waals surface area contributed by atoms with Crippen LogP contribution in [-0.2, 0) is 20.8 Å². The van der Waals surface area contributed by atoms with E-state index < -0.39 is 11.7 Å². The van der Waals surface area contributed by atoms with Gasteiger partial charge in [0.05, 0.1) is 6.54 Å². The highest BCUT2D eigenvalue weighted by Gasteiger charge is 2.32. The van der Waals surface area contributed by atoms with Crippen molar-refractivity contribution in [3.8, 4) is 0 Å². The molecule has 2 fully saturated rings. The molecule has 0 aromatic heterocycles. The van der Waals surface area contributed by atoms with Gasteiger partial charge in [0.1, 0.15) is 0 Å². The van der Waals surface area contributed by atoms with E-state index >= 15 is 0 Å². The summed E-state index contributed by atoms with van der Waals surface area (Å²) in [7, 11) is 0. The topological polar surface area (TPSA) is 69.7 Å². The Morgan fingerprint density at radius 1 is 1.00 bits per heavy atom. The Morgan fingerprint density at radius 3 is 2.32 bits per heavy atom. The fraction of sp³-hybridized carbons (Fsp3) is 0.526. The second-order valence-corrected chi connectivity index (χ2v) is 6.74. The van der Waals surface area contributed by atoms with Gasteiger partial charge in [0, 0.05) is 38.6 Å². The number of ketones is 1. The van der Waals surface area contributed by atoms with E-state index in [9.17, 15) is 14.4 Å². The normalized spacial score (nSPS) is 18.0. The van der Waals surface area contributed by atoms with Crippen molar-refractivity contribution in [3.05, 3.63) is 35.9 Å². The van der Waals surface area contributed by atoms with Crippen LogP contribution in [0.4, 0.5) is 0 Å². The Hall–Kier alpha value is -2.21. The molecule has 1 saturated carbocycles. The number of amides is 2. The Balaban J connectivity index is 1.35. The molecule has 1 aliphatic carbocycles. The summed E-state index contributed by atoms with van der Waals surface area (Å²) in [5.74, 6) is -1.25. The predicted molar refractivity (Wildman–Crippen MR) is 94.0 cm³/mol. The summed E-state index contributed by atoms with van der Waals surface area (Å²) in [4.78, 5) is 40.1. The molecule has 2 amide bonds. The smallest absolute Gasteiger partial charge is 0.287 e. The first-order chi connectivity index (χ1) is 12.1. The molecule has 1 aromatic rings. The third-order valence-corrected chi connectivity index (χ3v) is 4.87. The van der Waals surface area contributed by atoms with Gasteiger partial charge in [-0.1, -0.05) is 30.3 Å². The molecule has 6 heteroatoms. The van der Waals surface area contributed by atoms with Gasteiger partial charge < -0.3 is 10.2 Å². The van der Waals surface area contributed by atoms with Crippen molar-refractivity contribution in [1.82, 2.24) is 15.1 Å². The maximum atomic E-state index is 12.2. The van der Waals surface area contributed by atoms with Gasteiger partial charge in [-0.15, -0.1) is 0 Å². The van der Waals surface area contributed by atoms with Crippen molar-refractivity contribution in [2.24, 2.45) is 0 Å². The highest BCUT2D eigenvalue weighted by Crippen LogP contribution is 2.27.